The molecule has 9 fully saturated rings. The molecule has 16 bridgehead atoms. The Bertz CT molecular complexity index is 1270. The van der Waals surface area contributed by atoms with Gasteiger partial charge in [0.1, 0.15) is 0 Å². The van der Waals surface area contributed by atoms with Gasteiger partial charge in [-0.25, -0.2) is 0 Å². The monoisotopic (exact) mass is 408 g/mol. The van der Waals surface area contributed by atoms with Crippen LogP contribution in [0.1, 0.15) is 45.9 Å². The first-order valence-electron chi connectivity index (χ1n) is 13.5. The van der Waals surface area contributed by atoms with Crippen molar-refractivity contribution in [1.29, 1.82) is 0 Å². The standard InChI is InChI=1S/C32H24/c1-2-6-14-13(5-1)25-23-24-26(14)30-18-10-9-17-21-19-11-12-20(22(18)21)32(30)28(24)16-8-4-3-7-15(16)27(23)31(19,32)29(17,25)30/h1-12,17-28H/t17-,18+,19+,20-,21?,22?,23?,24?,25+,26-,27-,28+,29?,30?,31?,32?. The van der Waals surface area contributed by atoms with E-state index in [1.807, 2.05) is 22.3 Å². The third-order valence-electron chi connectivity index (χ3n) is 15.3. The summed E-state index contributed by atoms with van der Waals surface area (Å²) in [6.45, 7) is 0. The molecular weight excluding hydrogens is 384 g/mol. The van der Waals surface area contributed by atoms with Crippen LogP contribution in [0.15, 0.2) is 72.8 Å². The molecule has 2 aromatic carbocycles. The van der Waals surface area contributed by atoms with Gasteiger partial charge in [-0.1, -0.05) is 72.8 Å². The smallest absolute Gasteiger partial charge is 0.00117 e. The predicted octanol–water partition coefficient (Wildman–Crippen LogP) is 5.86. The first kappa shape index (κ1) is 14.2. The summed E-state index contributed by atoms with van der Waals surface area (Å²) in [5.74, 6) is 10.7. The summed E-state index contributed by atoms with van der Waals surface area (Å²) in [5, 5.41) is 0. The second kappa shape index (κ2) is 3.36. The van der Waals surface area contributed by atoms with Gasteiger partial charge in [-0.2, -0.15) is 0 Å². The van der Waals surface area contributed by atoms with Crippen molar-refractivity contribution in [3.63, 3.8) is 0 Å². The number of allylic oxidation sites excluding steroid dienone is 4. The van der Waals surface area contributed by atoms with Crippen LogP contribution in [-0.2, 0) is 0 Å². The Labute approximate surface area is 187 Å². The van der Waals surface area contributed by atoms with Crippen LogP contribution in [-0.4, -0.2) is 0 Å². The molecule has 4 spiro atoms. The zero-order valence-electron chi connectivity index (χ0n) is 17.9. The molecule has 9 saturated carbocycles. The number of benzene rings is 2. The van der Waals surface area contributed by atoms with Crippen LogP contribution >= 0.6 is 0 Å². The molecular formula is C32H24. The minimum atomic E-state index is 0.595. The third kappa shape index (κ3) is 0.701. The second-order valence-electron chi connectivity index (χ2n) is 13.8. The van der Waals surface area contributed by atoms with Gasteiger partial charge in [0.05, 0.1) is 0 Å². The van der Waals surface area contributed by atoms with E-state index in [1.165, 1.54) is 0 Å². The van der Waals surface area contributed by atoms with Crippen molar-refractivity contribution in [1.82, 2.24) is 0 Å². The van der Waals surface area contributed by atoms with E-state index in [-0.39, 0.29) is 0 Å². The molecule has 0 heteroatoms. The maximum Gasteiger partial charge on any atom is -0.00117 e. The van der Waals surface area contributed by atoms with Gasteiger partial charge in [0.15, 0.2) is 0 Å². The van der Waals surface area contributed by atoms with Gasteiger partial charge in [-0.15, -0.1) is 0 Å². The molecule has 152 valence electrons. The van der Waals surface area contributed by atoms with Gasteiger partial charge < -0.3 is 0 Å². The molecule has 0 aliphatic heterocycles. The molecule has 0 radical (unpaired) electrons. The fourth-order valence-electron chi connectivity index (χ4n) is 17.1. The fraction of sp³-hybridized carbons (Fsp3) is 0.500. The van der Waals surface area contributed by atoms with Gasteiger partial charge in [0.2, 0.25) is 0 Å². The van der Waals surface area contributed by atoms with Gasteiger partial charge >= 0.3 is 0 Å². The Hall–Kier alpha value is -2.08. The quantitative estimate of drug-likeness (QED) is 0.479. The summed E-state index contributed by atoms with van der Waals surface area (Å²) in [6.07, 6.45) is 11.3. The Morgan fingerprint density at radius 2 is 0.656 bits per heavy atom. The molecule has 17 aliphatic rings. The highest BCUT2D eigenvalue weighted by Crippen LogP contribution is 3.19. The lowest BCUT2D eigenvalue weighted by Gasteiger charge is -2.86. The fourth-order valence-corrected chi connectivity index (χ4v) is 17.1. The van der Waals surface area contributed by atoms with Crippen LogP contribution in [0.2, 0.25) is 0 Å². The Morgan fingerprint density at radius 3 is 0.938 bits per heavy atom. The van der Waals surface area contributed by atoms with Crippen LogP contribution < -0.4 is 0 Å². The van der Waals surface area contributed by atoms with Gasteiger partial charge in [0, 0.05) is 0 Å². The third-order valence-corrected chi connectivity index (χ3v) is 15.3. The summed E-state index contributed by atoms with van der Waals surface area (Å²) in [6, 6.07) is 19.9. The maximum atomic E-state index is 2.83. The molecule has 32 heavy (non-hydrogen) atoms. The van der Waals surface area contributed by atoms with Crippen molar-refractivity contribution in [3.8, 4) is 0 Å². The lowest BCUT2D eigenvalue weighted by Crippen LogP contribution is -2.83. The Morgan fingerprint density at radius 1 is 0.375 bits per heavy atom. The molecule has 4 unspecified atom stereocenters. The molecule has 0 nitrogen and oxygen atoms in total. The molecule has 0 N–H and O–H groups in total. The lowest BCUT2D eigenvalue weighted by molar-refractivity contribution is -0.356. The SMILES string of the molecule is C1=C[C@H]2C3C4[C@@H]1C15[C@H]6c7ccccc7[C@@H]7C8C6[C@H]6c9ccccc9[C@@H]8C8([C@@H]3C=C[C@@H]4C618)C725. The summed E-state index contributed by atoms with van der Waals surface area (Å²) in [7, 11) is 0. The first-order valence-corrected chi connectivity index (χ1v) is 13.5. The van der Waals surface area contributed by atoms with Gasteiger partial charge in [-0.3, -0.25) is 0 Å². The van der Waals surface area contributed by atoms with Crippen molar-refractivity contribution >= 4 is 0 Å². The van der Waals surface area contributed by atoms with E-state index in [0.717, 1.165) is 71.0 Å². The van der Waals surface area contributed by atoms with E-state index in [1.54, 1.807) is 0 Å². The molecule has 12 atom stereocenters. The molecule has 17 aliphatic carbocycles. The van der Waals surface area contributed by atoms with Crippen LogP contribution in [0.4, 0.5) is 0 Å². The predicted molar refractivity (Wildman–Crippen MR) is 120 cm³/mol. The van der Waals surface area contributed by atoms with E-state index >= 15 is 0 Å². The number of hydrogen-bond acceptors (Lipinski definition) is 0. The van der Waals surface area contributed by atoms with Gasteiger partial charge in [-0.05, 0) is 115 Å². The zero-order chi connectivity index (χ0) is 19.7. The first-order chi connectivity index (χ1) is 15.9. The highest BCUT2D eigenvalue weighted by molar-refractivity contribution is 5.76. The van der Waals surface area contributed by atoms with Crippen LogP contribution in [0.25, 0.3) is 0 Å². The topological polar surface area (TPSA) is 0 Å². The summed E-state index contributed by atoms with van der Waals surface area (Å²) < 4.78 is 0. The number of hydrogen-bond donors (Lipinski definition) is 0. The van der Waals surface area contributed by atoms with Crippen molar-refractivity contribution in [2.24, 2.45) is 69.0 Å². The summed E-state index contributed by atoms with van der Waals surface area (Å²) >= 11 is 0. The minimum absolute atomic E-state index is 0.595. The van der Waals surface area contributed by atoms with Crippen LogP contribution in [0, 0.1) is 69.0 Å². The average Bonchev–Trinajstić information content (AvgIpc) is 3.29. The molecule has 19 rings (SSSR count). The normalized spacial score (nSPS) is 70.8. The molecule has 0 aromatic heterocycles. The largest absolute Gasteiger partial charge is 0.0842 e. The molecule has 2 aromatic rings. The lowest BCUT2D eigenvalue weighted by atomic mass is 9.16. The molecule has 0 amide bonds. The minimum Gasteiger partial charge on any atom is -0.0842 e. The van der Waals surface area contributed by atoms with Crippen molar-refractivity contribution in [2.75, 3.05) is 0 Å². The van der Waals surface area contributed by atoms with Crippen molar-refractivity contribution in [2.45, 2.75) is 23.7 Å². The molecule has 0 heterocycles. The summed E-state index contributed by atoms with van der Waals surface area (Å²) in [5.41, 5.74) is 9.69. The highest BCUT2D eigenvalue weighted by Gasteiger charge is 3.14. The van der Waals surface area contributed by atoms with E-state index < -0.39 is 0 Å². The number of rotatable bonds is 0. The highest BCUT2D eigenvalue weighted by atomic mass is 15.2. The van der Waals surface area contributed by atoms with E-state index in [9.17, 15) is 0 Å². The Kier molecular flexibility index (Phi) is 1.49. The molecule has 0 saturated heterocycles. The average molecular weight is 409 g/mol. The van der Waals surface area contributed by atoms with Crippen LogP contribution in [0.5, 0.6) is 0 Å². The maximum absolute atomic E-state index is 2.83. The van der Waals surface area contributed by atoms with E-state index in [0.29, 0.717) is 21.7 Å². The summed E-state index contributed by atoms with van der Waals surface area (Å²) in [4.78, 5) is 0. The van der Waals surface area contributed by atoms with E-state index in [4.69, 9.17) is 0 Å². The zero-order valence-corrected chi connectivity index (χ0v) is 17.9. The Balaban J connectivity index is 1.37. The van der Waals surface area contributed by atoms with Crippen molar-refractivity contribution in [3.05, 3.63) is 95.1 Å². The van der Waals surface area contributed by atoms with Gasteiger partial charge in [0.25, 0.3) is 0 Å². The van der Waals surface area contributed by atoms with Crippen LogP contribution in [0.3, 0.4) is 0 Å². The van der Waals surface area contributed by atoms with Crippen molar-refractivity contribution < 1.29 is 0 Å². The van der Waals surface area contributed by atoms with E-state index in [2.05, 4.69) is 72.8 Å². The second-order valence-corrected chi connectivity index (χ2v) is 13.8.